The van der Waals surface area contributed by atoms with E-state index in [4.69, 9.17) is 0 Å². The summed E-state index contributed by atoms with van der Waals surface area (Å²) in [6.45, 7) is 3.33. The van der Waals surface area contributed by atoms with Crippen LogP contribution in [0.1, 0.15) is 44.9 Å². The molecule has 3 heteroatoms. The molecule has 0 aromatic heterocycles. The van der Waals surface area contributed by atoms with Crippen LogP contribution in [0.5, 0.6) is 0 Å². The number of carbonyl (C=O) groups is 1. The molecule has 1 unspecified atom stereocenters. The molecule has 1 saturated heterocycles. The van der Waals surface area contributed by atoms with Crippen molar-refractivity contribution in [3.63, 3.8) is 0 Å². The first kappa shape index (κ1) is 14.0. The van der Waals surface area contributed by atoms with Crippen LogP contribution in [0.4, 0.5) is 0 Å². The molecule has 3 nitrogen and oxygen atoms in total. The molecule has 2 rings (SSSR count). The maximum absolute atomic E-state index is 11.6. The van der Waals surface area contributed by atoms with Gasteiger partial charge in [-0.3, -0.25) is 4.90 Å². The highest BCUT2D eigenvalue weighted by Crippen LogP contribution is 2.36. The predicted octanol–water partition coefficient (Wildman–Crippen LogP) is 2.16. The van der Waals surface area contributed by atoms with Crippen molar-refractivity contribution in [3.8, 4) is 0 Å². The predicted molar refractivity (Wildman–Crippen MR) is 74.7 cm³/mol. The van der Waals surface area contributed by atoms with Crippen molar-refractivity contribution in [2.75, 3.05) is 33.7 Å². The average Bonchev–Trinajstić information content (AvgIpc) is 2.77. The molecule has 0 N–H and O–H groups in total. The van der Waals surface area contributed by atoms with Crippen LogP contribution in [0.25, 0.3) is 0 Å². The van der Waals surface area contributed by atoms with Gasteiger partial charge in [0.2, 0.25) is 0 Å². The van der Waals surface area contributed by atoms with Gasteiger partial charge in [0.1, 0.15) is 6.29 Å². The van der Waals surface area contributed by atoms with Gasteiger partial charge in [0.05, 0.1) is 0 Å². The lowest BCUT2D eigenvalue weighted by atomic mass is 9.75. The van der Waals surface area contributed by atoms with E-state index in [9.17, 15) is 4.79 Å². The standard InChI is InChI=1S/C15H28N2O/c1-16(2)11-14-7-6-10-17(14)12-15(13-18)8-4-3-5-9-15/h13-14H,3-12H2,1-2H3. The average molecular weight is 252 g/mol. The Balaban J connectivity index is 1.95. The molecule has 1 atom stereocenters. The van der Waals surface area contributed by atoms with Crippen LogP contribution < -0.4 is 0 Å². The molecule has 0 amide bonds. The topological polar surface area (TPSA) is 23.6 Å². The van der Waals surface area contributed by atoms with Gasteiger partial charge in [-0.05, 0) is 46.3 Å². The molecule has 104 valence electrons. The first-order valence-electron chi connectivity index (χ1n) is 7.50. The minimum absolute atomic E-state index is 0.0207. The molecule has 1 heterocycles. The smallest absolute Gasteiger partial charge is 0.127 e. The Hall–Kier alpha value is -0.410. The fourth-order valence-corrected chi connectivity index (χ4v) is 3.71. The monoisotopic (exact) mass is 252 g/mol. The Bertz CT molecular complexity index is 272. The Morgan fingerprint density at radius 2 is 1.94 bits per heavy atom. The van der Waals surface area contributed by atoms with Crippen molar-refractivity contribution in [1.82, 2.24) is 9.80 Å². The second kappa shape index (κ2) is 6.16. The minimum atomic E-state index is -0.0207. The Kier molecular flexibility index (Phi) is 4.79. The third kappa shape index (κ3) is 3.33. The highest BCUT2D eigenvalue weighted by Gasteiger charge is 2.37. The quantitative estimate of drug-likeness (QED) is 0.701. The van der Waals surface area contributed by atoms with E-state index in [0.29, 0.717) is 6.04 Å². The summed E-state index contributed by atoms with van der Waals surface area (Å²) in [4.78, 5) is 16.4. The van der Waals surface area contributed by atoms with Crippen LogP contribution in [0.15, 0.2) is 0 Å². The summed E-state index contributed by atoms with van der Waals surface area (Å²) in [6.07, 6.45) is 9.90. The zero-order chi connectivity index (χ0) is 13.0. The first-order chi connectivity index (χ1) is 8.65. The van der Waals surface area contributed by atoms with Crippen molar-refractivity contribution < 1.29 is 4.79 Å². The summed E-state index contributed by atoms with van der Waals surface area (Å²) in [5, 5.41) is 0. The van der Waals surface area contributed by atoms with E-state index in [1.807, 2.05) is 0 Å². The van der Waals surface area contributed by atoms with Crippen molar-refractivity contribution in [2.45, 2.75) is 51.0 Å². The van der Waals surface area contributed by atoms with E-state index in [0.717, 1.165) is 25.9 Å². The molecule has 0 aromatic rings. The summed E-state index contributed by atoms with van der Waals surface area (Å²) in [6, 6.07) is 0.666. The van der Waals surface area contributed by atoms with Gasteiger partial charge in [0, 0.05) is 24.5 Å². The molecule has 1 saturated carbocycles. The summed E-state index contributed by atoms with van der Waals surface area (Å²) in [5.41, 5.74) is -0.0207. The van der Waals surface area contributed by atoms with E-state index in [1.54, 1.807) is 0 Å². The fourth-order valence-electron chi connectivity index (χ4n) is 3.71. The van der Waals surface area contributed by atoms with Crippen LogP contribution in [0.2, 0.25) is 0 Å². The maximum Gasteiger partial charge on any atom is 0.127 e. The van der Waals surface area contributed by atoms with E-state index >= 15 is 0 Å². The minimum Gasteiger partial charge on any atom is -0.308 e. The van der Waals surface area contributed by atoms with Crippen molar-refractivity contribution in [2.24, 2.45) is 5.41 Å². The fraction of sp³-hybridized carbons (Fsp3) is 0.933. The molecular formula is C15H28N2O. The van der Waals surface area contributed by atoms with Gasteiger partial charge in [0.15, 0.2) is 0 Å². The normalized spacial score (nSPS) is 28.7. The summed E-state index contributed by atoms with van der Waals surface area (Å²) >= 11 is 0. The molecule has 0 aromatic carbocycles. The lowest BCUT2D eigenvalue weighted by Gasteiger charge is -2.38. The number of nitrogens with zero attached hydrogens (tertiary/aromatic N) is 2. The molecule has 1 aliphatic carbocycles. The van der Waals surface area contributed by atoms with Crippen LogP contribution in [0.3, 0.4) is 0 Å². The number of hydrogen-bond donors (Lipinski definition) is 0. The van der Waals surface area contributed by atoms with Gasteiger partial charge in [0.25, 0.3) is 0 Å². The zero-order valence-corrected chi connectivity index (χ0v) is 12.0. The highest BCUT2D eigenvalue weighted by molar-refractivity contribution is 5.60. The van der Waals surface area contributed by atoms with Crippen LogP contribution in [-0.2, 0) is 4.79 Å². The van der Waals surface area contributed by atoms with Crippen LogP contribution in [-0.4, -0.2) is 55.9 Å². The van der Waals surface area contributed by atoms with Gasteiger partial charge in [-0.25, -0.2) is 0 Å². The third-order valence-corrected chi connectivity index (χ3v) is 4.69. The first-order valence-corrected chi connectivity index (χ1v) is 7.50. The summed E-state index contributed by atoms with van der Waals surface area (Å²) in [7, 11) is 4.29. The van der Waals surface area contributed by atoms with Gasteiger partial charge in [-0.1, -0.05) is 19.3 Å². The number of likely N-dealkylation sites (tertiary alicyclic amines) is 1. The lowest BCUT2D eigenvalue weighted by molar-refractivity contribution is -0.119. The number of carbonyl (C=O) groups excluding carboxylic acids is 1. The van der Waals surface area contributed by atoms with Crippen LogP contribution in [0, 0.1) is 5.41 Å². The second-order valence-corrected chi connectivity index (χ2v) is 6.57. The Morgan fingerprint density at radius 1 is 1.22 bits per heavy atom. The summed E-state index contributed by atoms with van der Waals surface area (Å²) < 4.78 is 0. The van der Waals surface area contributed by atoms with Crippen molar-refractivity contribution in [3.05, 3.63) is 0 Å². The van der Waals surface area contributed by atoms with Gasteiger partial charge < -0.3 is 9.69 Å². The second-order valence-electron chi connectivity index (χ2n) is 6.57. The summed E-state index contributed by atoms with van der Waals surface area (Å²) in [5.74, 6) is 0. The SMILES string of the molecule is CN(C)CC1CCCN1CC1(C=O)CCCCC1. The maximum atomic E-state index is 11.6. The van der Waals surface area contributed by atoms with E-state index in [-0.39, 0.29) is 5.41 Å². The Morgan fingerprint density at radius 3 is 2.56 bits per heavy atom. The lowest BCUT2D eigenvalue weighted by Crippen LogP contribution is -2.45. The van der Waals surface area contributed by atoms with E-state index < -0.39 is 0 Å². The molecule has 0 spiro atoms. The van der Waals surface area contributed by atoms with Crippen molar-refractivity contribution in [1.29, 1.82) is 0 Å². The number of aldehydes is 1. The number of hydrogen-bond acceptors (Lipinski definition) is 3. The molecule has 18 heavy (non-hydrogen) atoms. The molecule has 0 radical (unpaired) electrons. The van der Waals surface area contributed by atoms with Gasteiger partial charge in [-0.2, -0.15) is 0 Å². The van der Waals surface area contributed by atoms with Gasteiger partial charge in [-0.15, -0.1) is 0 Å². The van der Waals surface area contributed by atoms with Gasteiger partial charge >= 0.3 is 0 Å². The van der Waals surface area contributed by atoms with Crippen molar-refractivity contribution >= 4 is 6.29 Å². The molecule has 2 aliphatic rings. The molecule has 0 bridgehead atoms. The molecular weight excluding hydrogens is 224 g/mol. The van der Waals surface area contributed by atoms with E-state index in [1.165, 1.54) is 44.9 Å². The number of rotatable bonds is 5. The third-order valence-electron chi connectivity index (χ3n) is 4.69. The Labute approximate surface area is 112 Å². The highest BCUT2D eigenvalue weighted by atomic mass is 16.1. The largest absolute Gasteiger partial charge is 0.308 e. The van der Waals surface area contributed by atoms with E-state index in [2.05, 4.69) is 23.9 Å². The molecule has 2 fully saturated rings. The van der Waals surface area contributed by atoms with Crippen LogP contribution >= 0.6 is 0 Å². The molecule has 1 aliphatic heterocycles. The zero-order valence-electron chi connectivity index (χ0n) is 12.0. The number of likely N-dealkylation sites (N-methyl/N-ethyl adjacent to an activating group) is 1.